The molecule has 0 aromatic heterocycles. The maximum atomic E-state index is 12.2. The molecule has 154 valence electrons. The quantitative estimate of drug-likeness (QED) is 0.730. The van der Waals surface area contributed by atoms with E-state index in [1.165, 1.54) is 19.3 Å². The van der Waals surface area contributed by atoms with E-state index >= 15 is 0 Å². The molecule has 0 amide bonds. The third kappa shape index (κ3) is 2.97. The van der Waals surface area contributed by atoms with Crippen LogP contribution in [-0.2, 0) is 9.53 Å². The first-order chi connectivity index (χ1) is 12.8. The average Bonchev–Trinajstić information content (AvgIpc) is 2.99. The van der Waals surface area contributed by atoms with Crippen LogP contribution in [0.1, 0.15) is 78.6 Å². The Kier molecular flexibility index (Phi) is 5.12. The van der Waals surface area contributed by atoms with Gasteiger partial charge in [-0.2, -0.15) is 0 Å². The van der Waals surface area contributed by atoms with Crippen LogP contribution >= 0.6 is 0 Å². The van der Waals surface area contributed by atoms with Crippen molar-refractivity contribution in [3.05, 3.63) is 0 Å². The van der Waals surface area contributed by atoms with Crippen LogP contribution in [-0.4, -0.2) is 35.0 Å². The van der Waals surface area contributed by atoms with Crippen molar-refractivity contribution < 1.29 is 19.7 Å². The second-order valence-electron chi connectivity index (χ2n) is 10.5. The third-order valence-electron chi connectivity index (χ3n) is 9.62. The lowest BCUT2D eigenvalue weighted by atomic mass is 9.44. The molecule has 4 rings (SSSR count). The molecule has 0 aromatic rings. The number of ether oxygens (including phenoxy) is 1. The standard InChI is InChI=1S/C23H38O4/c1-4-27-21(26)20(25)19-8-7-17-16-6-5-14-13-15(24)9-11-22(14,2)18(16)10-12-23(17,19)3/h14-20,24-25H,4-13H2,1-3H3/t14-,15-,16-,17-,18-,19+,20?,22-,23-/m0/s1. The molecule has 4 heteroatoms. The predicted octanol–water partition coefficient (Wildman–Crippen LogP) is 3.93. The molecule has 4 fully saturated rings. The number of carbonyl (C=O) groups is 1. The summed E-state index contributed by atoms with van der Waals surface area (Å²) in [5.41, 5.74) is 0.437. The molecule has 0 saturated heterocycles. The molecule has 0 bridgehead atoms. The lowest BCUT2D eigenvalue weighted by Crippen LogP contribution is -2.54. The maximum Gasteiger partial charge on any atom is 0.335 e. The van der Waals surface area contributed by atoms with Gasteiger partial charge in [-0.05, 0) is 99.2 Å². The lowest BCUT2D eigenvalue weighted by molar-refractivity contribution is -0.164. The van der Waals surface area contributed by atoms with Crippen LogP contribution in [0.4, 0.5) is 0 Å². The van der Waals surface area contributed by atoms with Crippen LogP contribution in [0.5, 0.6) is 0 Å². The highest BCUT2D eigenvalue weighted by atomic mass is 16.5. The zero-order valence-electron chi connectivity index (χ0n) is 17.3. The number of hydrogen-bond donors (Lipinski definition) is 2. The fourth-order valence-electron chi connectivity index (χ4n) is 8.19. The maximum absolute atomic E-state index is 12.2. The second-order valence-corrected chi connectivity index (χ2v) is 10.5. The molecule has 1 unspecified atom stereocenters. The Labute approximate surface area is 164 Å². The number of carbonyl (C=O) groups excluding carboxylic acids is 1. The number of fused-ring (bicyclic) bond motifs is 5. The second kappa shape index (κ2) is 7.02. The molecule has 27 heavy (non-hydrogen) atoms. The Hall–Kier alpha value is -0.610. The predicted molar refractivity (Wildman–Crippen MR) is 104 cm³/mol. The van der Waals surface area contributed by atoms with Gasteiger partial charge in [0.05, 0.1) is 12.7 Å². The molecule has 0 aliphatic heterocycles. The van der Waals surface area contributed by atoms with Crippen molar-refractivity contribution >= 4 is 5.97 Å². The van der Waals surface area contributed by atoms with Gasteiger partial charge in [0.25, 0.3) is 0 Å². The number of hydrogen-bond acceptors (Lipinski definition) is 4. The van der Waals surface area contributed by atoms with Crippen molar-refractivity contribution in [1.82, 2.24) is 0 Å². The van der Waals surface area contributed by atoms with Gasteiger partial charge in [0.1, 0.15) is 0 Å². The average molecular weight is 379 g/mol. The van der Waals surface area contributed by atoms with E-state index in [2.05, 4.69) is 13.8 Å². The van der Waals surface area contributed by atoms with E-state index in [0.29, 0.717) is 23.9 Å². The largest absolute Gasteiger partial charge is 0.464 e. The van der Waals surface area contributed by atoms with E-state index in [4.69, 9.17) is 4.74 Å². The highest BCUT2D eigenvalue weighted by Gasteiger charge is 2.61. The van der Waals surface area contributed by atoms with Crippen LogP contribution in [0.15, 0.2) is 0 Å². The minimum absolute atomic E-state index is 0.0428. The molecule has 0 aromatic carbocycles. The SMILES string of the molecule is CCOC(=O)C(O)[C@H]1CC[C@H]2[C@@H]3CC[C@H]4C[C@@H](O)CC[C@]4(C)[C@H]3CC[C@]12C. The van der Waals surface area contributed by atoms with Gasteiger partial charge in [0, 0.05) is 5.92 Å². The molecule has 4 aliphatic carbocycles. The van der Waals surface area contributed by atoms with E-state index in [1.54, 1.807) is 6.92 Å². The molecule has 0 spiro atoms. The van der Waals surface area contributed by atoms with Gasteiger partial charge in [0.2, 0.25) is 0 Å². The van der Waals surface area contributed by atoms with Crippen molar-refractivity contribution in [2.24, 2.45) is 40.4 Å². The minimum atomic E-state index is -0.965. The topological polar surface area (TPSA) is 66.8 Å². The minimum Gasteiger partial charge on any atom is -0.464 e. The van der Waals surface area contributed by atoms with Gasteiger partial charge in [-0.15, -0.1) is 0 Å². The summed E-state index contributed by atoms with van der Waals surface area (Å²) in [6.45, 7) is 6.98. The summed E-state index contributed by atoms with van der Waals surface area (Å²) in [6, 6.07) is 0. The summed E-state index contributed by atoms with van der Waals surface area (Å²) in [5.74, 6) is 2.38. The molecule has 4 nitrogen and oxygen atoms in total. The summed E-state index contributed by atoms with van der Waals surface area (Å²) >= 11 is 0. The van der Waals surface area contributed by atoms with Crippen molar-refractivity contribution in [3.63, 3.8) is 0 Å². The van der Waals surface area contributed by atoms with E-state index in [9.17, 15) is 15.0 Å². The summed E-state index contributed by atoms with van der Waals surface area (Å²) < 4.78 is 5.13. The van der Waals surface area contributed by atoms with Crippen LogP contribution < -0.4 is 0 Å². The lowest BCUT2D eigenvalue weighted by Gasteiger charge is -2.61. The molecule has 4 saturated carbocycles. The first-order valence-corrected chi connectivity index (χ1v) is 11.3. The number of esters is 1. The summed E-state index contributed by atoms with van der Waals surface area (Å²) in [6.07, 6.45) is 8.99. The normalized spacial score (nSPS) is 50.3. The van der Waals surface area contributed by atoms with Gasteiger partial charge in [-0.1, -0.05) is 13.8 Å². The Morgan fingerprint density at radius 3 is 2.48 bits per heavy atom. The van der Waals surface area contributed by atoms with Crippen LogP contribution in [0.3, 0.4) is 0 Å². The Balaban J connectivity index is 1.54. The van der Waals surface area contributed by atoms with Crippen molar-refractivity contribution in [3.8, 4) is 0 Å². The monoisotopic (exact) mass is 378 g/mol. The van der Waals surface area contributed by atoms with Gasteiger partial charge < -0.3 is 14.9 Å². The van der Waals surface area contributed by atoms with Crippen molar-refractivity contribution in [2.45, 2.75) is 90.8 Å². The zero-order chi connectivity index (χ0) is 19.4. The van der Waals surface area contributed by atoms with Crippen LogP contribution in [0.25, 0.3) is 0 Å². The third-order valence-corrected chi connectivity index (χ3v) is 9.62. The first kappa shape index (κ1) is 19.7. The van der Waals surface area contributed by atoms with Gasteiger partial charge >= 0.3 is 5.97 Å². The van der Waals surface area contributed by atoms with Gasteiger partial charge in [0.15, 0.2) is 6.10 Å². The molecule has 9 atom stereocenters. The van der Waals surface area contributed by atoms with E-state index < -0.39 is 12.1 Å². The van der Waals surface area contributed by atoms with Crippen LogP contribution in [0, 0.1) is 40.4 Å². The highest BCUT2D eigenvalue weighted by Crippen LogP contribution is 2.67. The van der Waals surface area contributed by atoms with E-state index in [1.807, 2.05) is 0 Å². The smallest absolute Gasteiger partial charge is 0.335 e. The number of aliphatic hydroxyl groups excluding tert-OH is 2. The van der Waals surface area contributed by atoms with Gasteiger partial charge in [-0.3, -0.25) is 0 Å². The Morgan fingerprint density at radius 1 is 1.04 bits per heavy atom. The molecular formula is C23H38O4. The molecule has 0 radical (unpaired) electrons. The molecule has 0 heterocycles. The number of aliphatic hydroxyl groups is 2. The fourth-order valence-corrected chi connectivity index (χ4v) is 8.19. The summed E-state index contributed by atoms with van der Waals surface area (Å²) in [4.78, 5) is 12.2. The van der Waals surface area contributed by atoms with E-state index in [-0.39, 0.29) is 17.4 Å². The first-order valence-electron chi connectivity index (χ1n) is 11.3. The zero-order valence-corrected chi connectivity index (χ0v) is 17.3. The van der Waals surface area contributed by atoms with Gasteiger partial charge in [-0.25, -0.2) is 4.79 Å². The fraction of sp³-hybridized carbons (Fsp3) is 0.957. The summed E-state index contributed by atoms with van der Waals surface area (Å²) in [5, 5.41) is 20.9. The number of rotatable bonds is 3. The van der Waals surface area contributed by atoms with Crippen LogP contribution in [0.2, 0.25) is 0 Å². The summed E-state index contributed by atoms with van der Waals surface area (Å²) in [7, 11) is 0. The van der Waals surface area contributed by atoms with Crippen molar-refractivity contribution in [2.75, 3.05) is 6.61 Å². The van der Waals surface area contributed by atoms with Crippen molar-refractivity contribution in [1.29, 1.82) is 0 Å². The Morgan fingerprint density at radius 2 is 1.74 bits per heavy atom. The molecular weight excluding hydrogens is 340 g/mol. The Bertz CT molecular complexity index is 577. The molecule has 4 aliphatic rings. The van der Waals surface area contributed by atoms with E-state index in [0.717, 1.165) is 50.4 Å². The highest BCUT2D eigenvalue weighted by molar-refractivity contribution is 5.75. The molecule has 2 N–H and O–H groups in total.